The Balaban J connectivity index is 0.982. The first-order chi connectivity index (χ1) is 30.2. The molecule has 10 aromatic rings. The highest BCUT2D eigenvalue weighted by Crippen LogP contribution is 2.63. The van der Waals surface area contributed by atoms with E-state index in [1.54, 1.807) is 0 Å². The third-order valence-electron chi connectivity index (χ3n) is 12.5. The molecule has 1 spiro atoms. The number of aromatic nitrogens is 3. The van der Waals surface area contributed by atoms with Crippen LogP contribution in [-0.4, -0.2) is 15.0 Å². The summed E-state index contributed by atoms with van der Waals surface area (Å²) in [5, 5.41) is 0. The smallest absolute Gasteiger partial charge is 0.164 e. The van der Waals surface area contributed by atoms with Crippen molar-refractivity contribution in [1.82, 2.24) is 15.0 Å². The fourth-order valence-corrected chi connectivity index (χ4v) is 9.78. The Morgan fingerprint density at radius 1 is 0.213 bits per heavy atom. The molecule has 12 rings (SSSR count). The number of benzene rings is 9. The molecule has 0 amide bonds. The van der Waals surface area contributed by atoms with Crippen LogP contribution in [0.15, 0.2) is 224 Å². The number of rotatable bonds is 6. The van der Waals surface area contributed by atoms with Crippen LogP contribution in [0, 0.1) is 0 Å². The van der Waals surface area contributed by atoms with Crippen molar-refractivity contribution in [1.29, 1.82) is 0 Å². The highest BCUT2D eigenvalue weighted by atomic mass is 15.0. The molecule has 1 heterocycles. The molecule has 9 aromatic carbocycles. The third-order valence-corrected chi connectivity index (χ3v) is 12.5. The van der Waals surface area contributed by atoms with Crippen LogP contribution in [0.2, 0.25) is 0 Å². The maximum atomic E-state index is 5.02. The lowest BCUT2D eigenvalue weighted by molar-refractivity contribution is 0.794. The first kappa shape index (κ1) is 35.0. The topological polar surface area (TPSA) is 38.7 Å². The molecule has 1 unspecified atom stereocenters. The molecular formula is C58H37N3. The average molecular weight is 776 g/mol. The van der Waals surface area contributed by atoms with Crippen molar-refractivity contribution in [2.45, 2.75) is 5.41 Å². The number of hydrogen-bond acceptors (Lipinski definition) is 3. The van der Waals surface area contributed by atoms with Crippen molar-refractivity contribution in [3.63, 3.8) is 0 Å². The minimum atomic E-state index is -0.452. The standard InChI is InChI=1S/C58H37N3/c1-4-16-38(17-5-1)44-30-32-49-47-26-10-12-28-51(47)58(53(49)36-44)52-29-13-11-27-48(52)50-33-31-45(37-54(50)58)42-23-14-22-41(34-42)43-24-15-25-46(35-43)57-60-55(39-18-6-2-7-19-39)59-56(61-57)40-20-8-3-9-21-40/h1-37H. The van der Waals surface area contributed by atoms with Crippen LogP contribution in [0.25, 0.3) is 89.8 Å². The van der Waals surface area contributed by atoms with E-state index in [0.29, 0.717) is 17.5 Å². The van der Waals surface area contributed by atoms with E-state index in [2.05, 4.69) is 164 Å². The summed E-state index contributed by atoms with van der Waals surface area (Å²) in [5.41, 5.74) is 20.0. The molecule has 0 N–H and O–H groups in total. The zero-order valence-corrected chi connectivity index (χ0v) is 33.2. The molecule has 0 fully saturated rings. The van der Waals surface area contributed by atoms with E-state index in [0.717, 1.165) is 27.8 Å². The summed E-state index contributed by atoms with van der Waals surface area (Å²) in [6.45, 7) is 0. The van der Waals surface area contributed by atoms with E-state index in [9.17, 15) is 0 Å². The van der Waals surface area contributed by atoms with Gasteiger partial charge < -0.3 is 0 Å². The Morgan fingerprint density at radius 3 is 1.03 bits per heavy atom. The second-order valence-corrected chi connectivity index (χ2v) is 15.9. The summed E-state index contributed by atoms with van der Waals surface area (Å²) in [4.78, 5) is 14.9. The van der Waals surface area contributed by atoms with Crippen molar-refractivity contribution < 1.29 is 0 Å². The zero-order chi connectivity index (χ0) is 40.3. The predicted octanol–water partition coefficient (Wildman–Crippen LogP) is 14.2. The molecule has 284 valence electrons. The van der Waals surface area contributed by atoms with Gasteiger partial charge in [0.25, 0.3) is 0 Å². The minimum absolute atomic E-state index is 0.452. The van der Waals surface area contributed by atoms with Gasteiger partial charge in [0.1, 0.15) is 0 Å². The average Bonchev–Trinajstić information content (AvgIpc) is 3.81. The van der Waals surface area contributed by atoms with Crippen molar-refractivity contribution >= 4 is 0 Å². The van der Waals surface area contributed by atoms with E-state index in [1.165, 1.54) is 66.8 Å². The van der Waals surface area contributed by atoms with Gasteiger partial charge in [0, 0.05) is 16.7 Å². The Morgan fingerprint density at radius 2 is 0.541 bits per heavy atom. The van der Waals surface area contributed by atoms with Crippen LogP contribution in [0.5, 0.6) is 0 Å². The van der Waals surface area contributed by atoms with E-state index < -0.39 is 5.41 Å². The van der Waals surface area contributed by atoms with Gasteiger partial charge in [-0.15, -0.1) is 0 Å². The molecule has 1 atom stereocenters. The van der Waals surface area contributed by atoms with Gasteiger partial charge in [0.2, 0.25) is 0 Å². The highest BCUT2D eigenvalue weighted by molar-refractivity contribution is 5.97. The second kappa shape index (κ2) is 14.1. The largest absolute Gasteiger partial charge is 0.208 e. The van der Waals surface area contributed by atoms with Gasteiger partial charge in [0.15, 0.2) is 17.5 Å². The molecular weight excluding hydrogens is 739 g/mol. The molecule has 2 aliphatic carbocycles. The Bertz CT molecular complexity index is 3230. The number of nitrogens with zero attached hydrogens (tertiary/aromatic N) is 3. The molecule has 0 radical (unpaired) electrons. The van der Waals surface area contributed by atoms with Crippen LogP contribution in [0.3, 0.4) is 0 Å². The Labute approximate surface area is 355 Å². The molecule has 2 aliphatic rings. The van der Waals surface area contributed by atoms with Crippen molar-refractivity contribution in [2.24, 2.45) is 0 Å². The lowest BCUT2D eigenvalue weighted by atomic mass is 9.70. The number of hydrogen-bond donors (Lipinski definition) is 0. The molecule has 3 nitrogen and oxygen atoms in total. The van der Waals surface area contributed by atoms with Crippen LogP contribution >= 0.6 is 0 Å². The lowest BCUT2D eigenvalue weighted by Crippen LogP contribution is -2.26. The van der Waals surface area contributed by atoms with Crippen molar-refractivity contribution in [3.05, 3.63) is 247 Å². The molecule has 0 saturated carbocycles. The fourth-order valence-electron chi connectivity index (χ4n) is 9.78. The monoisotopic (exact) mass is 775 g/mol. The van der Waals surface area contributed by atoms with Gasteiger partial charge in [-0.1, -0.05) is 200 Å². The molecule has 61 heavy (non-hydrogen) atoms. The Hall–Kier alpha value is -8.01. The molecule has 0 saturated heterocycles. The highest BCUT2D eigenvalue weighted by Gasteiger charge is 2.51. The fraction of sp³-hybridized carbons (Fsp3) is 0.0172. The van der Waals surface area contributed by atoms with Gasteiger partial charge in [-0.25, -0.2) is 15.0 Å². The van der Waals surface area contributed by atoms with Gasteiger partial charge in [-0.2, -0.15) is 0 Å². The van der Waals surface area contributed by atoms with Crippen LogP contribution in [-0.2, 0) is 5.41 Å². The van der Waals surface area contributed by atoms with E-state index in [4.69, 9.17) is 15.0 Å². The normalized spacial score (nSPS) is 14.3. The first-order valence-corrected chi connectivity index (χ1v) is 20.8. The quantitative estimate of drug-likeness (QED) is 0.169. The SMILES string of the molecule is c1ccc(-c2ccc3c(c2)C2(c4ccccc4-3)c3ccccc3-c3ccc(-c4cccc(-c5cccc(-c6nc(-c7ccccc7)nc(-c7ccccc7)n6)c5)c4)cc32)cc1. The van der Waals surface area contributed by atoms with E-state index in [1.807, 2.05) is 60.7 Å². The number of fused-ring (bicyclic) bond motifs is 10. The molecule has 1 aromatic heterocycles. The summed E-state index contributed by atoms with van der Waals surface area (Å²) in [5.74, 6) is 1.94. The van der Waals surface area contributed by atoms with Crippen LogP contribution in [0.4, 0.5) is 0 Å². The van der Waals surface area contributed by atoms with Crippen LogP contribution in [0.1, 0.15) is 22.3 Å². The predicted molar refractivity (Wildman–Crippen MR) is 249 cm³/mol. The van der Waals surface area contributed by atoms with Crippen molar-refractivity contribution in [3.8, 4) is 89.8 Å². The zero-order valence-electron chi connectivity index (χ0n) is 33.2. The summed E-state index contributed by atoms with van der Waals surface area (Å²) in [6.07, 6.45) is 0. The van der Waals surface area contributed by atoms with Gasteiger partial charge in [-0.3, -0.25) is 0 Å². The lowest BCUT2D eigenvalue weighted by Gasteiger charge is -2.31. The second-order valence-electron chi connectivity index (χ2n) is 15.9. The molecule has 3 heteroatoms. The van der Waals surface area contributed by atoms with Gasteiger partial charge >= 0.3 is 0 Å². The maximum Gasteiger partial charge on any atom is 0.164 e. The summed E-state index contributed by atoms with van der Waals surface area (Å²) in [7, 11) is 0. The van der Waals surface area contributed by atoms with Crippen LogP contribution < -0.4 is 0 Å². The summed E-state index contributed by atoms with van der Waals surface area (Å²) < 4.78 is 0. The third kappa shape index (κ3) is 5.62. The van der Waals surface area contributed by atoms with Gasteiger partial charge in [0.05, 0.1) is 5.41 Å². The van der Waals surface area contributed by atoms with E-state index in [-0.39, 0.29) is 0 Å². The minimum Gasteiger partial charge on any atom is -0.208 e. The summed E-state index contributed by atoms with van der Waals surface area (Å²) in [6, 6.07) is 80.7. The van der Waals surface area contributed by atoms with E-state index >= 15 is 0 Å². The maximum absolute atomic E-state index is 5.02. The van der Waals surface area contributed by atoms with Crippen molar-refractivity contribution in [2.75, 3.05) is 0 Å². The van der Waals surface area contributed by atoms with Gasteiger partial charge in [-0.05, 0) is 102 Å². The molecule has 0 aliphatic heterocycles. The molecule has 0 bridgehead atoms. The Kier molecular flexibility index (Phi) is 8.07. The first-order valence-electron chi connectivity index (χ1n) is 20.8. The summed E-state index contributed by atoms with van der Waals surface area (Å²) >= 11 is 0.